The summed E-state index contributed by atoms with van der Waals surface area (Å²) in [6, 6.07) is 0. The van der Waals surface area contributed by atoms with E-state index in [2.05, 4.69) is 0 Å². The largest absolute Gasteiger partial charge is 0.462 e. The molecule has 1 heterocycles. The predicted octanol–water partition coefficient (Wildman–Crippen LogP) is 2.14. The third-order valence-corrected chi connectivity index (χ3v) is 5.86. The number of aliphatic hydroxyl groups is 2. The average Bonchev–Trinajstić information content (AvgIpc) is 2.61. The zero-order chi connectivity index (χ0) is 20.2. The second-order valence-electron chi connectivity index (χ2n) is 7.99. The molecule has 0 aromatic carbocycles. The second-order valence-corrected chi connectivity index (χ2v) is 7.99. The predicted molar refractivity (Wildman–Crippen MR) is 97.3 cm³/mol. The molecule has 0 spiro atoms. The summed E-state index contributed by atoms with van der Waals surface area (Å²) >= 11 is 0. The number of hydrogen-bond acceptors (Lipinski definition) is 6. The molecule has 0 aromatic heterocycles. The normalized spacial score (nSPS) is 41.5. The molecule has 0 unspecified atom stereocenters. The van der Waals surface area contributed by atoms with E-state index in [4.69, 9.17) is 4.74 Å². The van der Waals surface area contributed by atoms with Gasteiger partial charge in [-0.25, -0.2) is 0 Å². The molecular formula is C20H34O6. The van der Waals surface area contributed by atoms with Crippen LogP contribution in [0, 0.1) is 29.6 Å². The zero-order valence-electron chi connectivity index (χ0n) is 16.8. The maximum absolute atomic E-state index is 12.6. The van der Waals surface area contributed by atoms with Crippen LogP contribution in [0.5, 0.6) is 0 Å². The molecule has 150 valence electrons. The first-order chi connectivity index (χ1) is 12.0. The van der Waals surface area contributed by atoms with E-state index in [1.807, 2.05) is 6.92 Å². The van der Waals surface area contributed by atoms with Crippen molar-refractivity contribution in [1.29, 1.82) is 0 Å². The van der Waals surface area contributed by atoms with Crippen LogP contribution in [-0.2, 0) is 19.1 Å². The lowest BCUT2D eigenvalue weighted by molar-refractivity contribution is -0.164. The van der Waals surface area contributed by atoms with Crippen molar-refractivity contribution in [2.24, 2.45) is 29.6 Å². The highest BCUT2D eigenvalue weighted by Crippen LogP contribution is 2.27. The molecule has 0 aliphatic carbocycles. The number of hydrogen-bond donors (Lipinski definition) is 2. The van der Waals surface area contributed by atoms with Crippen LogP contribution in [0.25, 0.3) is 0 Å². The lowest BCUT2D eigenvalue weighted by Crippen LogP contribution is -2.42. The topological polar surface area (TPSA) is 101 Å². The first-order valence-electron chi connectivity index (χ1n) is 9.64. The third kappa shape index (κ3) is 5.36. The molecule has 6 heteroatoms. The van der Waals surface area contributed by atoms with E-state index in [9.17, 15) is 24.6 Å². The van der Waals surface area contributed by atoms with Crippen molar-refractivity contribution >= 4 is 17.5 Å². The van der Waals surface area contributed by atoms with E-state index in [1.54, 1.807) is 34.6 Å². The average molecular weight is 370 g/mol. The van der Waals surface area contributed by atoms with Crippen molar-refractivity contribution in [1.82, 2.24) is 0 Å². The molecule has 1 aliphatic rings. The number of rotatable bonds is 1. The fourth-order valence-electron chi connectivity index (χ4n) is 3.63. The van der Waals surface area contributed by atoms with Gasteiger partial charge in [-0.2, -0.15) is 0 Å². The van der Waals surface area contributed by atoms with Gasteiger partial charge in [0.2, 0.25) is 0 Å². The van der Waals surface area contributed by atoms with E-state index in [0.717, 1.165) is 0 Å². The van der Waals surface area contributed by atoms with Crippen LogP contribution in [0.2, 0.25) is 0 Å². The van der Waals surface area contributed by atoms with Gasteiger partial charge in [0, 0.05) is 30.1 Å². The van der Waals surface area contributed by atoms with E-state index in [1.165, 1.54) is 0 Å². The van der Waals surface area contributed by atoms with Gasteiger partial charge in [0.1, 0.15) is 17.7 Å². The van der Waals surface area contributed by atoms with Crippen LogP contribution in [0.1, 0.15) is 60.8 Å². The Hall–Kier alpha value is -1.27. The fraction of sp³-hybridized carbons (Fsp3) is 0.850. The maximum atomic E-state index is 12.6. The van der Waals surface area contributed by atoms with E-state index in [-0.39, 0.29) is 23.9 Å². The van der Waals surface area contributed by atoms with Crippen molar-refractivity contribution in [3.05, 3.63) is 0 Å². The molecule has 6 nitrogen and oxygen atoms in total. The van der Waals surface area contributed by atoms with E-state index < -0.39 is 48.0 Å². The lowest BCUT2D eigenvalue weighted by Gasteiger charge is -2.31. The highest BCUT2D eigenvalue weighted by Gasteiger charge is 2.37. The Bertz CT molecular complexity index is 516. The Balaban J connectivity index is 3.15. The fourth-order valence-corrected chi connectivity index (χ4v) is 3.63. The molecule has 0 amide bonds. The van der Waals surface area contributed by atoms with Crippen molar-refractivity contribution in [2.45, 2.75) is 79.1 Å². The van der Waals surface area contributed by atoms with Crippen LogP contribution in [0.15, 0.2) is 0 Å². The minimum atomic E-state index is -1.15. The summed E-state index contributed by atoms with van der Waals surface area (Å²) in [6.07, 6.45) is -1.79. The maximum Gasteiger partial charge on any atom is 0.311 e. The summed E-state index contributed by atoms with van der Waals surface area (Å²) in [5.74, 6) is -3.61. The van der Waals surface area contributed by atoms with Crippen LogP contribution in [0.3, 0.4) is 0 Å². The van der Waals surface area contributed by atoms with Crippen LogP contribution < -0.4 is 0 Å². The van der Waals surface area contributed by atoms with Crippen molar-refractivity contribution in [3.63, 3.8) is 0 Å². The number of cyclic esters (lactones) is 1. The van der Waals surface area contributed by atoms with Gasteiger partial charge >= 0.3 is 5.97 Å². The lowest BCUT2D eigenvalue weighted by atomic mass is 9.80. The van der Waals surface area contributed by atoms with Gasteiger partial charge in [-0.15, -0.1) is 0 Å². The smallest absolute Gasteiger partial charge is 0.311 e. The van der Waals surface area contributed by atoms with Crippen molar-refractivity contribution < 1.29 is 29.3 Å². The number of ketones is 2. The molecule has 0 aromatic rings. The Morgan fingerprint density at radius 3 is 2.08 bits per heavy atom. The molecule has 2 N–H and O–H groups in total. The molecule has 1 rings (SSSR count). The number of ether oxygens (including phenoxy) is 1. The van der Waals surface area contributed by atoms with Crippen LogP contribution in [0.4, 0.5) is 0 Å². The molecule has 26 heavy (non-hydrogen) atoms. The Morgan fingerprint density at radius 1 is 0.962 bits per heavy atom. The molecule has 0 bridgehead atoms. The molecule has 0 radical (unpaired) electrons. The van der Waals surface area contributed by atoms with Gasteiger partial charge in [0.25, 0.3) is 0 Å². The van der Waals surface area contributed by atoms with E-state index in [0.29, 0.717) is 12.8 Å². The third-order valence-electron chi connectivity index (χ3n) is 5.86. The van der Waals surface area contributed by atoms with Crippen molar-refractivity contribution in [3.8, 4) is 0 Å². The summed E-state index contributed by atoms with van der Waals surface area (Å²) in [5.41, 5.74) is 0. The highest BCUT2D eigenvalue weighted by atomic mass is 16.5. The molecule has 1 fully saturated rings. The quantitative estimate of drug-likeness (QED) is 0.686. The SMILES string of the molecule is CC[C@H]1OC(=O)[C@H](C)[C@@H](O)[C@H](C)C(=O)[C@@H](C)C[C@@H](C)C(=O)C[C@@H](O)[C@H]1C. The van der Waals surface area contributed by atoms with E-state index >= 15 is 0 Å². The monoisotopic (exact) mass is 370 g/mol. The molecule has 1 aliphatic heterocycles. The summed E-state index contributed by atoms with van der Waals surface area (Å²) < 4.78 is 5.50. The standard InChI is InChI=1S/C20H34O6/c1-7-17-12(4)16(22)9-15(21)10(2)8-11(3)18(23)13(5)19(24)14(6)20(25)26-17/h10-14,16-17,19,22,24H,7-9H2,1-6H3/t10-,11+,12-,13-,14-,16-,17-,19+/m1/s1. The molecular weight excluding hydrogens is 336 g/mol. The van der Waals surface area contributed by atoms with Gasteiger partial charge in [0.15, 0.2) is 0 Å². The van der Waals surface area contributed by atoms with Crippen LogP contribution in [-0.4, -0.2) is 46.1 Å². The van der Waals surface area contributed by atoms with Gasteiger partial charge in [-0.05, 0) is 19.8 Å². The summed E-state index contributed by atoms with van der Waals surface area (Å²) in [7, 11) is 0. The first-order valence-corrected chi connectivity index (χ1v) is 9.64. The number of aliphatic hydroxyl groups excluding tert-OH is 2. The Labute approximate surface area is 156 Å². The van der Waals surface area contributed by atoms with Crippen molar-refractivity contribution in [2.75, 3.05) is 0 Å². The highest BCUT2D eigenvalue weighted by molar-refractivity contribution is 5.86. The summed E-state index contributed by atoms with van der Waals surface area (Å²) in [6.45, 7) is 10.2. The summed E-state index contributed by atoms with van der Waals surface area (Å²) in [4.78, 5) is 37.4. The van der Waals surface area contributed by atoms with Gasteiger partial charge < -0.3 is 14.9 Å². The number of carbonyl (C=O) groups is 3. The number of esters is 1. The summed E-state index contributed by atoms with van der Waals surface area (Å²) in [5, 5.41) is 20.9. The minimum absolute atomic E-state index is 0.0228. The molecule has 1 saturated heterocycles. The molecule has 0 saturated carbocycles. The van der Waals surface area contributed by atoms with Gasteiger partial charge in [-0.1, -0.05) is 34.6 Å². The Morgan fingerprint density at radius 2 is 1.54 bits per heavy atom. The molecule has 8 atom stereocenters. The number of carbonyl (C=O) groups excluding carboxylic acids is 3. The van der Waals surface area contributed by atoms with Gasteiger partial charge in [-0.3, -0.25) is 14.4 Å². The number of Topliss-reactive ketones (excluding diaryl/α,β-unsaturated/α-hetero) is 2. The second kappa shape index (κ2) is 9.60. The Kier molecular flexibility index (Phi) is 8.41. The van der Waals surface area contributed by atoms with Crippen LogP contribution >= 0.6 is 0 Å². The minimum Gasteiger partial charge on any atom is -0.462 e. The zero-order valence-corrected chi connectivity index (χ0v) is 16.8. The van der Waals surface area contributed by atoms with Gasteiger partial charge in [0.05, 0.1) is 18.1 Å². The first kappa shape index (κ1) is 22.8.